The number of nitriles is 1. The van der Waals surface area contributed by atoms with Crippen molar-refractivity contribution in [2.24, 2.45) is 4.99 Å². The second-order valence-corrected chi connectivity index (χ2v) is 2.99. The monoisotopic (exact) mass is 187 g/mol. The third-order valence-corrected chi connectivity index (χ3v) is 2.46. The molecule has 1 heterocycles. The summed E-state index contributed by atoms with van der Waals surface area (Å²) in [5.41, 5.74) is 0.423. The largest absolute Gasteiger partial charge is 0.284 e. The molecule has 0 amide bonds. The summed E-state index contributed by atoms with van der Waals surface area (Å²) in [6.45, 7) is 0.519. The van der Waals surface area contributed by atoms with Crippen molar-refractivity contribution in [3.8, 4) is 6.07 Å². The van der Waals surface area contributed by atoms with E-state index in [9.17, 15) is 0 Å². The van der Waals surface area contributed by atoms with Gasteiger partial charge in [-0.1, -0.05) is 23.5 Å². The van der Waals surface area contributed by atoms with Crippen LogP contribution in [0.25, 0.3) is 0 Å². The molecule has 58 valence electrons. The maximum atomic E-state index is 8.56. The Hall–Kier alpha value is -0.660. The molecule has 3 nitrogen and oxygen atoms in total. The zero-order valence-corrected chi connectivity index (χ0v) is 7.48. The predicted octanol–water partition coefficient (Wildman–Crippen LogP) is 1.58. The molecular formula is C6H6ClN3S. The second-order valence-electron chi connectivity index (χ2n) is 1.83. The highest BCUT2D eigenvalue weighted by Crippen LogP contribution is 2.23. The quantitative estimate of drug-likeness (QED) is 0.462. The number of nitrogens with zero attached hydrogens (tertiary/aromatic N) is 3. The Kier molecular flexibility index (Phi) is 2.80. The lowest BCUT2D eigenvalue weighted by Crippen LogP contribution is -2.17. The van der Waals surface area contributed by atoms with Gasteiger partial charge in [-0.2, -0.15) is 5.26 Å². The van der Waals surface area contributed by atoms with Gasteiger partial charge in [-0.25, -0.2) is 0 Å². The number of hydrogen-bond donors (Lipinski definition) is 0. The lowest BCUT2D eigenvalue weighted by Gasteiger charge is -2.20. The standard InChI is InChI=1S/C6H6ClN3S/c1-11-10-4-9-3-5(2-8)6(10)7/h3H,4H2,1H3. The maximum absolute atomic E-state index is 8.56. The molecule has 0 bridgehead atoms. The summed E-state index contributed by atoms with van der Waals surface area (Å²) in [7, 11) is 0. The minimum atomic E-state index is 0.423. The number of rotatable bonds is 1. The molecule has 0 saturated carbocycles. The molecule has 0 saturated heterocycles. The van der Waals surface area contributed by atoms with Crippen molar-refractivity contribution in [3.63, 3.8) is 0 Å². The summed E-state index contributed by atoms with van der Waals surface area (Å²) in [5.74, 6) is 0. The van der Waals surface area contributed by atoms with Crippen molar-refractivity contribution in [1.82, 2.24) is 4.31 Å². The topological polar surface area (TPSA) is 39.4 Å². The minimum Gasteiger partial charge on any atom is -0.284 e. The van der Waals surface area contributed by atoms with Crippen molar-refractivity contribution >= 4 is 29.8 Å². The highest BCUT2D eigenvalue weighted by atomic mass is 35.5. The van der Waals surface area contributed by atoms with Crippen LogP contribution in [0.4, 0.5) is 0 Å². The van der Waals surface area contributed by atoms with E-state index in [4.69, 9.17) is 16.9 Å². The van der Waals surface area contributed by atoms with Gasteiger partial charge in [0, 0.05) is 12.5 Å². The van der Waals surface area contributed by atoms with E-state index in [1.165, 1.54) is 18.2 Å². The Balaban J connectivity index is 2.90. The lowest BCUT2D eigenvalue weighted by molar-refractivity contribution is 0.620. The van der Waals surface area contributed by atoms with E-state index < -0.39 is 0 Å². The molecule has 0 spiro atoms. The van der Waals surface area contributed by atoms with Crippen LogP contribution in [-0.2, 0) is 0 Å². The minimum absolute atomic E-state index is 0.423. The Morgan fingerprint density at radius 2 is 2.64 bits per heavy atom. The van der Waals surface area contributed by atoms with E-state index in [1.807, 2.05) is 12.3 Å². The molecule has 0 aromatic carbocycles. The fourth-order valence-electron chi connectivity index (χ4n) is 0.669. The van der Waals surface area contributed by atoms with Crippen LogP contribution in [0.15, 0.2) is 15.7 Å². The molecule has 0 fully saturated rings. The van der Waals surface area contributed by atoms with Gasteiger partial charge in [-0.15, -0.1) is 0 Å². The first kappa shape index (κ1) is 8.44. The molecule has 5 heteroatoms. The SMILES string of the molecule is CSN1CN=CC(C#N)=C1Cl. The molecule has 11 heavy (non-hydrogen) atoms. The molecular weight excluding hydrogens is 182 g/mol. The van der Waals surface area contributed by atoms with Gasteiger partial charge in [-0.05, 0) is 0 Å². The fraction of sp³-hybridized carbons (Fsp3) is 0.333. The van der Waals surface area contributed by atoms with Crippen molar-refractivity contribution in [2.75, 3.05) is 12.9 Å². The Labute approximate surface area is 74.5 Å². The van der Waals surface area contributed by atoms with Crippen LogP contribution in [0.3, 0.4) is 0 Å². The first-order chi connectivity index (χ1) is 5.29. The highest BCUT2D eigenvalue weighted by molar-refractivity contribution is 7.96. The number of hydrogen-bond acceptors (Lipinski definition) is 4. The van der Waals surface area contributed by atoms with E-state index in [1.54, 1.807) is 4.31 Å². The van der Waals surface area contributed by atoms with Crippen LogP contribution in [0.2, 0.25) is 0 Å². The second kappa shape index (κ2) is 3.65. The Morgan fingerprint density at radius 3 is 3.18 bits per heavy atom. The number of aliphatic imine (C=N–C) groups is 1. The predicted molar refractivity (Wildman–Crippen MR) is 47.2 cm³/mol. The molecule has 1 aliphatic heterocycles. The van der Waals surface area contributed by atoms with Gasteiger partial charge in [0.25, 0.3) is 0 Å². The van der Waals surface area contributed by atoms with Crippen LogP contribution in [-0.4, -0.2) is 23.4 Å². The zero-order valence-electron chi connectivity index (χ0n) is 5.91. The molecule has 0 aromatic heterocycles. The molecule has 0 aliphatic carbocycles. The molecule has 0 aromatic rings. The lowest BCUT2D eigenvalue weighted by atomic mass is 10.3. The summed E-state index contributed by atoms with van der Waals surface area (Å²) in [5, 5.41) is 9.02. The van der Waals surface area contributed by atoms with Gasteiger partial charge in [0.05, 0.1) is 0 Å². The summed E-state index contributed by atoms with van der Waals surface area (Å²) in [4.78, 5) is 3.95. The third kappa shape index (κ3) is 1.67. The van der Waals surface area contributed by atoms with E-state index in [0.717, 1.165) is 0 Å². The van der Waals surface area contributed by atoms with Gasteiger partial charge >= 0.3 is 0 Å². The molecule has 0 N–H and O–H groups in total. The average molecular weight is 188 g/mol. The zero-order chi connectivity index (χ0) is 8.27. The summed E-state index contributed by atoms with van der Waals surface area (Å²) >= 11 is 7.27. The van der Waals surface area contributed by atoms with Crippen molar-refractivity contribution in [3.05, 3.63) is 10.7 Å². The van der Waals surface area contributed by atoms with Crippen LogP contribution < -0.4 is 0 Å². The first-order valence-electron chi connectivity index (χ1n) is 2.91. The van der Waals surface area contributed by atoms with Gasteiger partial charge in [0.1, 0.15) is 23.5 Å². The van der Waals surface area contributed by atoms with Crippen molar-refractivity contribution < 1.29 is 0 Å². The smallest absolute Gasteiger partial charge is 0.136 e. The number of halogens is 1. The molecule has 0 unspecified atom stereocenters. The maximum Gasteiger partial charge on any atom is 0.136 e. The Bertz CT molecular complexity index is 253. The van der Waals surface area contributed by atoms with Gasteiger partial charge < -0.3 is 0 Å². The van der Waals surface area contributed by atoms with Crippen LogP contribution in [0.5, 0.6) is 0 Å². The molecule has 1 aliphatic rings. The summed E-state index contributed by atoms with van der Waals surface area (Å²) < 4.78 is 1.75. The highest BCUT2D eigenvalue weighted by Gasteiger charge is 2.13. The molecule has 0 atom stereocenters. The van der Waals surface area contributed by atoms with E-state index >= 15 is 0 Å². The number of allylic oxidation sites excluding steroid dienone is 1. The van der Waals surface area contributed by atoms with E-state index in [2.05, 4.69) is 4.99 Å². The van der Waals surface area contributed by atoms with Gasteiger partial charge in [0.2, 0.25) is 0 Å². The normalized spacial score (nSPS) is 17.0. The van der Waals surface area contributed by atoms with Gasteiger partial charge in [-0.3, -0.25) is 9.30 Å². The van der Waals surface area contributed by atoms with Gasteiger partial charge in [0.15, 0.2) is 0 Å². The van der Waals surface area contributed by atoms with Crippen molar-refractivity contribution in [2.45, 2.75) is 0 Å². The third-order valence-electron chi connectivity index (χ3n) is 1.21. The average Bonchev–Trinajstić information content (AvgIpc) is 2.05. The van der Waals surface area contributed by atoms with Crippen molar-refractivity contribution in [1.29, 1.82) is 5.26 Å². The van der Waals surface area contributed by atoms with Crippen LogP contribution >= 0.6 is 23.5 Å². The molecule has 1 rings (SSSR count). The van der Waals surface area contributed by atoms with Crippen LogP contribution in [0.1, 0.15) is 0 Å². The first-order valence-corrected chi connectivity index (χ1v) is 4.47. The fourth-order valence-corrected chi connectivity index (χ4v) is 1.46. The Morgan fingerprint density at radius 1 is 1.91 bits per heavy atom. The van der Waals surface area contributed by atoms with E-state index in [-0.39, 0.29) is 0 Å². The summed E-state index contributed by atoms with van der Waals surface area (Å²) in [6, 6.07) is 1.96. The summed E-state index contributed by atoms with van der Waals surface area (Å²) in [6.07, 6.45) is 3.38. The van der Waals surface area contributed by atoms with Crippen LogP contribution in [0, 0.1) is 11.3 Å². The molecule has 0 radical (unpaired) electrons. The van der Waals surface area contributed by atoms with E-state index in [0.29, 0.717) is 17.4 Å².